The van der Waals surface area contributed by atoms with Crippen LogP contribution in [0, 0.1) is 5.82 Å². The Bertz CT molecular complexity index is 416. The number of aliphatic carboxylic acids is 1. The van der Waals surface area contributed by atoms with Gasteiger partial charge < -0.3 is 10.4 Å². The highest BCUT2D eigenvalue weighted by Gasteiger charge is 2.21. The molecule has 0 aliphatic rings. The molecule has 1 aromatic rings. The molecule has 1 unspecified atom stereocenters. The standard InChI is InChI=1S/C10H9ClFNO3/c1-5(14)13-9(10(15)16)6-2-7(11)4-8(12)3-6/h2-4,9H,1H3,(H,13,14)(H,15,16). The second-order valence-corrected chi connectivity index (χ2v) is 3.61. The molecule has 4 nitrogen and oxygen atoms in total. The monoisotopic (exact) mass is 245 g/mol. The molecule has 1 rings (SSSR count). The summed E-state index contributed by atoms with van der Waals surface area (Å²) in [4.78, 5) is 21.7. The third-order valence-electron chi connectivity index (χ3n) is 1.81. The van der Waals surface area contributed by atoms with Crippen LogP contribution in [0.1, 0.15) is 18.5 Å². The van der Waals surface area contributed by atoms with E-state index < -0.39 is 23.7 Å². The van der Waals surface area contributed by atoms with E-state index in [9.17, 15) is 14.0 Å². The summed E-state index contributed by atoms with van der Waals surface area (Å²) >= 11 is 5.59. The molecule has 0 fully saturated rings. The third-order valence-corrected chi connectivity index (χ3v) is 2.03. The molecule has 1 amide bonds. The number of benzene rings is 1. The predicted molar refractivity (Wildman–Crippen MR) is 55.6 cm³/mol. The summed E-state index contributed by atoms with van der Waals surface area (Å²) in [6, 6.07) is 2.06. The minimum atomic E-state index is -1.30. The number of hydrogen-bond donors (Lipinski definition) is 2. The van der Waals surface area contributed by atoms with E-state index in [-0.39, 0.29) is 10.6 Å². The fourth-order valence-corrected chi connectivity index (χ4v) is 1.46. The van der Waals surface area contributed by atoms with E-state index in [1.165, 1.54) is 13.0 Å². The quantitative estimate of drug-likeness (QED) is 0.852. The average Bonchev–Trinajstić information content (AvgIpc) is 2.11. The van der Waals surface area contributed by atoms with Crippen LogP contribution in [0.4, 0.5) is 4.39 Å². The van der Waals surface area contributed by atoms with Gasteiger partial charge in [-0.1, -0.05) is 11.6 Å². The lowest BCUT2D eigenvalue weighted by Gasteiger charge is -2.13. The summed E-state index contributed by atoms with van der Waals surface area (Å²) in [5.74, 6) is -2.45. The maximum Gasteiger partial charge on any atom is 0.330 e. The lowest BCUT2D eigenvalue weighted by atomic mass is 10.1. The number of hydrogen-bond acceptors (Lipinski definition) is 2. The fraction of sp³-hybridized carbons (Fsp3) is 0.200. The Morgan fingerprint density at radius 3 is 2.50 bits per heavy atom. The Morgan fingerprint density at radius 1 is 1.44 bits per heavy atom. The van der Waals surface area contributed by atoms with Gasteiger partial charge in [0.1, 0.15) is 5.82 Å². The van der Waals surface area contributed by atoms with Gasteiger partial charge in [0.05, 0.1) is 0 Å². The molecule has 0 saturated heterocycles. The lowest BCUT2D eigenvalue weighted by Crippen LogP contribution is -2.32. The molecule has 6 heteroatoms. The number of carboxylic acids is 1. The maximum atomic E-state index is 13.0. The summed E-state index contributed by atoms with van der Waals surface area (Å²) in [5, 5.41) is 11.1. The lowest BCUT2D eigenvalue weighted by molar-refractivity contribution is -0.141. The minimum absolute atomic E-state index is 0.0756. The largest absolute Gasteiger partial charge is 0.479 e. The second-order valence-electron chi connectivity index (χ2n) is 3.17. The summed E-state index contributed by atoms with van der Waals surface area (Å²) < 4.78 is 13.0. The minimum Gasteiger partial charge on any atom is -0.479 e. The highest BCUT2D eigenvalue weighted by Crippen LogP contribution is 2.20. The first-order valence-electron chi connectivity index (χ1n) is 4.36. The number of rotatable bonds is 3. The van der Waals surface area contributed by atoms with Gasteiger partial charge in [-0.2, -0.15) is 0 Å². The zero-order chi connectivity index (χ0) is 12.3. The van der Waals surface area contributed by atoms with E-state index in [0.29, 0.717) is 0 Å². The van der Waals surface area contributed by atoms with Crippen molar-refractivity contribution in [3.05, 3.63) is 34.6 Å². The molecule has 16 heavy (non-hydrogen) atoms. The summed E-state index contributed by atoms with van der Waals surface area (Å²) in [6.45, 7) is 1.18. The number of nitrogens with one attached hydrogen (secondary N) is 1. The molecule has 2 N–H and O–H groups in total. The molecule has 0 saturated carbocycles. The molecular formula is C10H9ClFNO3. The average molecular weight is 246 g/mol. The van der Waals surface area contributed by atoms with E-state index in [4.69, 9.17) is 16.7 Å². The fourth-order valence-electron chi connectivity index (χ4n) is 1.23. The summed E-state index contributed by atoms with van der Waals surface area (Å²) in [5.41, 5.74) is 0.0905. The van der Waals surface area contributed by atoms with E-state index in [1.54, 1.807) is 0 Å². The van der Waals surface area contributed by atoms with Gasteiger partial charge in [-0.15, -0.1) is 0 Å². The normalized spacial score (nSPS) is 11.9. The Morgan fingerprint density at radius 2 is 2.06 bits per heavy atom. The first kappa shape index (κ1) is 12.4. The predicted octanol–water partition coefficient (Wildman–Crippen LogP) is 1.74. The summed E-state index contributed by atoms with van der Waals surface area (Å²) in [7, 11) is 0. The van der Waals surface area contributed by atoms with Crippen LogP contribution in [0.15, 0.2) is 18.2 Å². The van der Waals surface area contributed by atoms with Gasteiger partial charge in [0, 0.05) is 11.9 Å². The molecule has 1 atom stereocenters. The van der Waals surface area contributed by atoms with Gasteiger partial charge in [0.2, 0.25) is 5.91 Å². The molecule has 0 spiro atoms. The van der Waals surface area contributed by atoms with Crippen LogP contribution in [0.3, 0.4) is 0 Å². The Balaban J connectivity index is 3.10. The van der Waals surface area contributed by atoms with Crippen molar-refractivity contribution in [2.24, 2.45) is 0 Å². The Kier molecular flexibility index (Phi) is 3.84. The maximum absolute atomic E-state index is 13.0. The van der Waals surface area contributed by atoms with Crippen LogP contribution < -0.4 is 5.32 Å². The van der Waals surface area contributed by atoms with Crippen molar-refractivity contribution in [1.82, 2.24) is 5.32 Å². The van der Waals surface area contributed by atoms with E-state index >= 15 is 0 Å². The van der Waals surface area contributed by atoms with E-state index in [1.807, 2.05) is 0 Å². The molecule has 0 bridgehead atoms. The van der Waals surface area contributed by atoms with Crippen LogP contribution in [0.25, 0.3) is 0 Å². The third kappa shape index (κ3) is 3.20. The number of carbonyl (C=O) groups is 2. The number of carboxylic acid groups (broad SMARTS) is 1. The van der Waals surface area contributed by atoms with Gasteiger partial charge in [-0.05, 0) is 23.8 Å². The van der Waals surface area contributed by atoms with Crippen molar-refractivity contribution < 1.29 is 19.1 Å². The smallest absolute Gasteiger partial charge is 0.330 e. The molecule has 0 heterocycles. The Hall–Kier alpha value is -1.62. The molecule has 0 aliphatic carbocycles. The number of halogens is 2. The van der Waals surface area contributed by atoms with Gasteiger partial charge >= 0.3 is 5.97 Å². The zero-order valence-corrected chi connectivity index (χ0v) is 9.08. The second kappa shape index (κ2) is 4.94. The van der Waals surface area contributed by atoms with Crippen LogP contribution in [0.5, 0.6) is 0 Å². The van der Waals surface area contributed by atoms with Gasteiger partial charge in [-0.3, -0.25) is 4.79 Å². The molecular weight excluding hydrogens is 237 g/mol. The number of amides is 1. The van der Waals surface area contributed by atoms with Crippen molar-refractivity contribution in [3.8, 4) is 0 Å². The van der Waals surface area contributed by atoms with E-state index in [2.05, 4.69) is 5.32 Å². The molecule has 86 valence electrons. The zero-order valence-electron chi connectivity index (χ0n) is 8.33. The molecule has 1 aromatic carbocycles. The van der Waals surface area contributed by atoms with Crippen LogP contribution >= 0.6 is 11.6 Å². The molecule has 0 aromatic heterocycles. The highest BCUT2D eigenvalue weighted by molar-refractivity contribution is 6.30. The molecule has 0 aliphatic heterocycles. The van der Waals surface area contributed by atoms with Crippen molar-refractivity contribution >= 4 is 23.5 Å². The summed E-state index contributed by atoms with van der Waals surface area (Å²) in [6.07, 6.45) is 0. The first-order valence-corrected chi connectivity index (χ1v) is 4.74. The van der Waals surface area contributed by atoms with Crippen molar-refractivity contribution in [1.29, 1.82) is 0 Å². The van der Waals surface area contributed by atoms with Crippen molar-refractivity contribution in [2.75, 3.05) is 0 Å². The van der Waals surface area contributed by atoms with Crippen LogP contribution in [-0.2, 0) is 9.59 Å². The van der Waals surface area contributed by atoms with Gasteiger partial charge in [0.15, 0.2) is 6.04 Å². The first-order chi connectivity index (χ1) is 7.40. The Labute approximate surface area is 96.0 Å². The number of carbonyl (C=O) groups excluding carboxylic acids is 1. The topological polar surface area (TPSA) is 66.4 Å². The van der Waals surface area contributed by atoms with Crippen LogP contribution in [-0.4, -0.2) is 17.0 Å². The van der Waals surface area contributed by atoms with E-state index in [0.717, 1.165) is 12.1 Å². The SMILES string of the molecule is CC(=O)NC(C(=O)O)c1cc(F)cc(Cl)c1. The van der Waals surface area contributed by atoms with Gasteiger partial charge in [-0.25, -0.2) is 9.18 Å². The molecule has 0 radical (unpaired) electrons. The van der Waals surface area contributed by atoms with Crippen molar-refractivity contribution in [2.45, 2.75) is 13.0 Å². The van der Waals surface area contributed by atoms with Crippen LogP contribution in [0.2, 0.25) is 5.02 Å². The highest BCUT2D eigenvalue weighted by atomic mass is 35.5. The van der Waals surface area contributed by atoms with Crippen molar-refractivity contribution in [3.63, 3.8) is 0 Å². The van der Waals surface area contributed by atoms with Gasteiger partial charge in [0.25, 0.3) is 0 Å².